The standard InChI is InChI=1S/C23H28N4O2S/c1-26(17-19-7-4-3-5-8-19)15-6-13-24-22(28)18-30-23-25-14-16-27(23)20-9-11-21(29-2)12-10-20/h3-5,7-12,14,16H,6,13,15,17-18H2,1-2H3,(H,24,28). The molecule has 3 rings (SSSR count). The van der Waals surface area contributed by atoms with E-state index in [1.165, 1.54) is 17.3 Å². The predicted molar refractivity (Wildman–Crippen MR) is 121 cm³/mol. The minimum absolute atomic E-state index is 0.0231. The molecule has 0 fully saturated rings. The molecule has 0 bridgehead atoms. The van der Waals surface area contributed by atoms with E-state index in [2.05, 4.69) is 46.5 Å². The van der Waals surface area contributed by atoms with Crippen LogP contribution >= 0.6 is 11.8 Å². The quantitative estimate of drug-likeness (QED) is 0.376. The van der Waals surface area contributed by atoms with Crippen LogP contribution in [0.4, 0.5) is 0 Å². The van der Waals surface area contributed by atoms with Gasteiger partial charge in [0.2, 0.25) is 5.91 Å². The minimum Gasteiger partial charge on any atom is -0.497 e. The molecule has 158 valence electrons. The van der Waals surface area contributed by atoms with Crippen LogP contribution in [0.1, 0.15) is 12.0 Å². The van der Waals surface area contributed by atoms with Crippen LogP contribution in [0.25, 0.3) is 5.69 Å². The molecule has 0 unspecified atom stereocenters. The summed E-state index contributed by atoms with van der Waals surface area (Å²) < 4.78 is 7.17. The molecule has 0 aliphatic heterocycles. The van der Waals surface area contributed by atoms with Crippen molar-refractivity contribution in [3.63, 3.8) is 0 Å². The maximum Gasteiger partial charge on any atom is 0.230 e. The number of methoxy groups -OCH3 is 1. The Morgan fingerprint density at radius 3 is 2.67 bits per heavy atom. The highest BCUT2D eigenvalue weighted by Crippen LogP contribution is 2.22. The van der Waals surface area contributed by atoms with Gasteiger partial charge in [-0.2, -0.15) is 0 Å². The largest absolute Gasteiger partial charge is 0.497 e. The number of benzene rings is 2. The predicted octanol–water partition coefficient (Wildman–Crippen LogP) is 3.61. The Labute approximate surface area is 182 Å². The molecule has 0 saturated carbocycles. The van der Waals surface area contributed by atoms with Gasteiger partial charge in [-0.3, -0.25) is 9.36 Å². The first kappa shape index (κ1) is 21.9. The summed E-state index contributed by atoms with van der Waals surface area (Å²) in [6.45, 7) is 2.52. The lowest BCUT2D eigenvalue weighted by Gasteiger charge is -2.16. The van der Waals surface area contributed by atoms with E-state index in [1.807, 2.05) is 41.1 Å². The zero-order valence-electron chi connectivity index (χ0n) is 17.5. The number of ether oxygens (including phenoxy) is 1. The molecule has 1 N–H and O–H groups in total. The normalized spacial score (nSPS) is 10.9. The van der Waals surface area contributed by atoms with Gasteiger partial charge in [-0.15, -0.1) is 0 Å². The summed E-state index contributed by atoms with van der Waals surface area (Å²) in [7, 11) is 3.75. The van der Waals surface area contributed by atoms with Crippen molar-refractivity contribution in [3.05, 3.63) is 72.6 Å². The number of amides is 1. The van der Waals surface area contributed by atoms with Gasteiger partial charge in [-0.1, -0.05) is 42.1 Å². The highest BCUT2D eigenvalue weighted by Gasteiger charge is 2.09. The molecule has 0 aliphatic rings. The van der Waals surface area contributed by atoms with Crippen LogP contribution < -0.4 is 10.1 Å². The van der Waals surface area contributed by atoms with Gasteiger partial charge in [0.1, 0.15) is 5.75 Å². The molecular formula is C23H28N4O2S. The molecule has 0 aliphatic carbocycles. The number of nitrogens with zero attached hydrogens (tertiary/aromatic N) is 3. The van der Waals surface area contributed by atoms with Crippen molar-refractivity contribution >= 4 is 17.7 Å². The lowest BCUT2D eigenvalue weighted by molar-refractivity contribution is -0.118. The molecule has 3 aromatic rings. The third kappa shape index (κ3) is 6.64. The molecule has 1 heterocycles. The van der Waals surface area contributed by atoms with E-state index in [-0.39, 0.29) is 5.91 Å². The molecule has 30 heavy (non-hydrogen) atoms. The second-order valence-corrected chi connectivity index (χ2v) is 7.94. The molecule has 0 atom stereocenters. The van der Waals surface area contributed by atoms with Gasteiger partial charge in [0, 0.05) is 31.2 Å². The van der Waals surface area contributed by atoms with Crippen molar-refractivity contribution in [2.45, 2.75) is 18.1 Å². The summed E-state index contributed by atoms with van der Waals surface area (Å²) in [6.07, 6.45) is 4.55. The van der Waals surface area contributed by atoms with Crippen LogP contribution in [-0.4, -0.2) is 53.4 Å². The minimum atomic E-state index is 0.0231. The van der Waals surface area contributed by atoms with E-state index in [0.29, 0.717) is 12.3 Å². The van der Waals surface area contributed by atoms with Crippen molar-refractivity contribution in [2.75, 3.05) is 33.0 Å². The molecule has 0 radical (unpaired) electrons. The number of imidazole rings is 1. The van der Waals surface area contributed by atoms with Gasteiger partial charge in [-0.25, -0.2) is 4.98 Å². The highest BCUT2D eigenvalue weighted by atomic mass is 32.2. The molecule has 7 heteroatoms. The maximum absolute atomic E-state index is 12.2. The van der Waals surface area contributed by atoms with Crippen LogP contribution in [0, 0.1) is 0 Å². The number of rotatable bonds is 11. The van der Waals surface area contributed by atoms with Gasteiger partial charge in [0.25, 0.3) is 0 Å². The van der Waals surface area contributed by atoms with Crippen LogP contribution in [0.2, 0.25) is 0 Å². The summed E-state index contributed by atoms with van der Waals surface area (Å²) >= 11 is 1.43. The number of hydrogen-bond acceptors (Lipinski definition) is 5. The second kappa shape index (κ2) is 11.4. The molecule has 6 nitrogen and oxygen atoms in total. The first-order valence-electron chi connectivity index (χ1n) is 9.95. The summed E-state index contributed by atoms with van der Waals surface area (Å²) in [6, 6.07) is 18.2. The van der Waals surface area contributed by atoms with E-state index < -0.39 is 0 Å². The molecule has 1 aromatic heterocycles. The zero-order chi connectivity index (χ0) is 21.2. The van der Waals surface area contributed by atoms with E-state index in [0.717, 1.165) is 36.1 Å². The SMILES string of the molecule is COc1ccc(-n2ccnc2SCC(=O)NCCCN(C)Cc2ccccc2)cc1. The van der Waals surface area contributed by atoms with Crippen molar-refractivity contribution in [2.24, 2.45) is 0 Å². The van der Waals surface area contributed by atoms with Crippen molar-refractivity contribution in [3.8, 4) is 11.4 Å². The van der Waals surface area contributed by atoms with Gasteiger partial charge in [0.15, 0.2) is 5.16 Å². The third-order valence-electron chi connectivity index (χ3n) is 4.62. The van der Waals surface area contributed by atoms with Crippen LogP contribution in [-0.2, 0) is 11.3 Å². The smallest absolute Gasteiger partial charge is 0.230 e. The van der Waals surface area contributed by atoms with E-state index in [4.69, 9.17) is 4.74 Å². The Hall–Kier alpha value is -2.77. The topological polar surface area (TPSA) is 59.4 Å². The third-order valence-corrected chi connectivity index (χ3v) is 5.59. The number of hydrogen-bond donors (Lipinski definition) is 1. The van der Waals surface area contributed by atoms with Crippen molar-refractivity contribution < 1.29 is 9.53 Å². The van der Waals surface area contributed by atoms with Crippen LogP contribution in [0.3, 0.4) is 0 Å². The van der Waals surface area contributed by atoms with E-state index in [9.17, 15) is 4.79 Å². The van der Waals surface area contributed by atoms with Crippen LogP contribution in [0.5, 0.6) is 5.75 Å². The fourth-order valence-corrected chi connectivity index (χ4v) is 3.87. The maximum atomic E-state index is 12.2. The monoisotopic (exact) mass is 424 g/mol. The summed E-state index contributed by atoms with van der Waals surface area (Å²) in [4.78, 5) is 18.8. The number of aromatic nitrogens is 2. The van der Waals surface area contributed by atoms with E-state index >= 15 is 0 Å². The molecule has 0 saturated heterocycles. The number of carbonyl (C=O) groups excluding carboxylic acids is 1. The van der Waals surface area contributed by atoms with Gasteiger partial charge in [-0.05, 0) is 49.8 Å². The Morgan fingerprint density at radius 1 is 1.17 bits per heavy atom. The van der Waals surface area contributed by atoms with Gasteiger partial charge < -0.3 is 15.0 Å². The Balaban J connectivity index is 1.37. The number of carbonyl (C=O) groups is 1. The Bertz CT molecular complexity index is 912. The molecular weight excluding hydrogens is 396 g/mol. The average Bonchev–Trinajstić information content (AvgIpc) is 3.25. The van der Waals surface area contributed by atoms with Gasteiger partial charge >= 0.3 is 0 Å². The number of nitrogens with one attached hydrogen (secondary N) is 1. The average molecular weight is 425 g/mol. The lowest BCUT2D eigenvalue weighted by atomic mass is 10.2. The van der Waals surface area contributed by atoms with Crippen molar-refractivity contribution in [1.29, 1.82) is 0 Å². The molecule has 2 aromatic carbocycles. The van der Waals surface area contributed by atoms with Gasteiger partial charge in [0.05, 0.1) is 12.9 Å². The highest BCUT2D eigenvalue weighted by molar-refractivity contribution is 7.99. The first-order valence-corrected chi connectivity index (χ1v) is 10.9. The summed E-state index contributed by atoms with van der Waals surface area (Å²) in [5.74, 6) is 1.17. The molecule has 1 amide bonds. The Kier molecular flexibility index (Phi) is 8.35. The fraction of sp³-hybridized carbons (Fsp3) is 0.304. The summed E-state index contributed by atoms with van der Waals surface area (Å²) in [5.41, 5.74) is 2.28. The van der Waals surface area contributed by atoms with Crippen LogP contribution in [0.15, 0.2) is 72.1 Å². The van der Waals surface area contributed by atoms with E-state index in [1.54, 1.807) is 13.3 Å². The number of thioether (sulfide) groups is 1. The van der Waals surface area contributed by atoms with Crippen molar-refractivity contribution in [1.82, 2.24) is 19.8 Å². The lowest BCUT2D eigenvalue weighted by Crippen LogP contribution is -2.29. The Morgan fingerprint density at radius 2 is 1.93 bits per heavy atom. The first-order chi connectivity index (χ1) is 14.7. The molecule has 0 spiro atoms. The zero-order valence-corrected chi connectivity index (χ0v) is 18.3. The second-order valence-electron chi connectivity index (χ2n) is 6.99. The summed E-state index contributed by atoms with van der Waals surface area (Å²) in [5, 5.41) is 3.79. The fourth-order valence-electron chi connectivity index (χ4n) is 3.07.